The number of rotatable bonds is 3. The number of likely N-dealkylation sites (tertiary alicyclic amines) is 1. The van der Waals surface area contributed by atoms with E-state index < -0.39 is 0 Å². The van der Waals surface area contributed by atoms with Crippen LogP contribution in [0.3, 0.4) is 0 Å². The zero-order valence-electron chi connectivity index (χ0n) is 15.6. The molecule has 2 fully saturated rings. The van der Waals surface area contributed by atoms with Gasteiger partial charge in [0.25, 0.3) is 0 Å². The fraction of sp³-hybridized carbons (Fsp3) is 0.667. The van der Waals surface area contributed by atoms with Crippen LogP contribution < -0.4 is 10.1 Å². The number of piperidine rings is 1. The van der Waals surface area contributed by atoms with E-state index >= 15 is 0 Å². The normalized spacial score (nSPS) is 30.6. The second-order valence-electron chi connectivity index (χ2n) is 8.54. The largest absolute Gasteiger partial charge is 0.487 e. The van der Waals surface area contributed by atoms with Crippen LogP contribution in [0.5, 0.6) is 5.75 Å². The molecule has 3 atom stereocenters. The van der Waals surface area contributed by atoms with Crippen molar-refractivity contribution in [2.24, 2.45) is 11.8 Å². The lowest BCUT2D eigenvalue weighted by molar-refractivity contribution is -0.124. The third-order valence-electron chi connectivity index (χ3n) is 6.40. The highest BCUT2D eigenvalue weighted by Gasteiger charge is 2.46. The molecule has 4 rings (SSSR count). The van der Waals surface area contributed by atoms with Crippen LogP contribution in [0.25, 0.3) is 0 Å². The number of amides is 1. The van der Waals surface area contributed by atoms with Crippen molar-refractivity contribution in [3.8, 4) is 5.75 Å². The van der Waals surface area contributed by atoms with E-state index in [4.69, 9.17) is 4.74 Å². The number of carbonyl (C=O) groups excluding carboxylic acids is 1. The number of nitrogens with zero attached hydrogens (tertiary/aromatic N) is 1. The van der Waals surface area contributed by atoms with Gasteiger partial charge >= 0.3 is 0 Å². The summed E-state index contributed by atoms with van der Waals surface area (Å²) >= 11 is 0. The molecule has 3 aliphatic rings. The summed E-state index contributed by atoms with van der Waals surface area (Å²) in [6, 6.07) is 8.90. The number of para-hydroxylation sites is 1. The Morgan fingerprint density at radius 3 is 2.60 bits per heavy atom. The first-order valence-corrected chi connectivity index (χ1v) is 9.80. The molecule has 1 N–H and O–H groups in total. The topological polar surface area (TPSA) is 41.6 Å². The minimum atomic E-state index is -0.132. The van der Waals surface area contributed by atoms with E-state index in [9.17, 15) is 4.79 Å². The number of hydrogen-bond acceptors (Lipinski definition) is 3. The van der Waals surface area contributed by atoms with Crippen molar-refractivity contribution in [3.05, 3.63) is 29.8 Å². The van der Waals surface area contributed by atoms with Crippen LogP contribution >= 0.6 is 0 Å². The van der Waals surface area contributed by atoms with Crippen LogP contribution in [0.2, 0.25) is 0 Å². The van der Waals surface area contributed by atoms with Gasteiger partial charge in [0.2, 0.25) is 5.91 Å². The molecule has 25 heavy (non-hydrogen) atoms. The SMILES string of the molecule is CC(C)N1CCC2(CC1)C[C@@H](NC(=O)[C@H]1C[C@H]1C)c1ccccc1O2. The van der Waals surface area contributed by atoms with Crippen molar-refractivity contribution in [2.75, 3.05) is 13.1 Å². The number of benzene rings is 1. The van der Waals surface area contributed by atoms with Crippen LogP contribution in [0, 0.1) is 11.8 Å². The van der Waals surface area contributed by atoms with E-state index in [0.717, 1.165) is 50.1 Å². The Labute approximate surface area is 150 Å². The Morgan fingerprint density at radius 2 is 1.96 bits per heavy atom. The molecular weight excluding hydrogens is 312 g/mol. The summed E-state index contributed by atoms with van der Waals surface area (Å²) in [6.45, 7) is 8.81. The van der Waals surface area contributed by atoms with Crippen LogP contribution in [-0.2, 0) is 4.79 Å². The Balaban J connectivity index is 1.53. The van der Waals surface area contributed by atoms with Gasteiger partial charge < -0.3 is 15.0 Å². The molecule has 0 bridgehead atoms. The molecule has 2 aliphatic heterocycles. The maximum atomic E-state index is 12.5. The average Bonchev–Trinajstić information content (AvgIpc) is 3.32. The molecule has 1 amide bonds. The predicted octanol–water partition coefficient (Wildman–Crippen LogP) is 3.53. The Bertz CT molecular complexity index is 649. The molecule has 1 saturated heterocycles. The number of ether oxygens (including phenoxy) is 1. The van der Waals surface area contributed by atoms with Gasteiger partial charge in [0, 0.05) is 37.0 Å². The van der Waals surface area contributed by atoms with Gasteiger partial charge in [-0.1, -0.05) is 25.1 Å². The smallest absolute Gasteiger partial charge is 0.223 e. The van der Waals surface area contributed by atoms with Gasteiger partial charge in [0.15, 0.2) is 0 Å². The molecule has 1 aromatic rings. The van der Waals surface area contributed by atoms with E-state index in [-0.39, 0.29) is 23.5 Å². The Hall–Kier alpha value is -1.55. The number of nitrogens with one attached hydrogen (secondary N) is 1. The van der Waals surface area contributed by atoms with E-state index in [2.05, 4.69) is 43.1 Å². The average molecular weight is 342 g/mol. The molecule has 0 aromatic heterocycles. The molecule has 1 aliphatic carbocycles. The maximum Gasteiger partial charge on any atom is 0.223 e. The molecular formula is C21H30N2O2. The van der Waals surface area contributed by atoms with Crippen LogP contribution in [-0.4, -0.2) is 35.5 Å². The van der Waals surface area contributed by atoms with E-state index in [0.29, 0.717) is 12.0 Å². The summed E-state index contributed by atoms with van der Waals surface area (Å²) in [5.74, 6) is 1.94. The standard InChI is InChI=1S/C21H30N2O2/c1-14(2)23-10-8-21(9-11-23)13-18(22-20(24)17-12-15(17)3)16-6-4-5-7-19(16)25-21/h4-7,14-15,17-18H,8-13H2,1-3H3,(H,22,24)/t15-,17+,18-/m1/s1. The summed E-state index contributed by atoms with van der Waals surface area (Å²) in [6.07, 6.45) is 3.99. The highest BCUT2D eigenvalue weighted by molar-refractivity contribution is 5.82. The van der Waals surface area contributed by atoms with Gasteiger partial charge in [-0.2, -0.15) is 0 Å². The van der Waals surface area contributed by atoms with Crippen molar-refractivity contribution in [3.63, 3.8) is 0 Å². The van der Waals surface area contributed by atoms with Crippen molar-refractivity contribution in [2.45, 2.75) is 64.1 Å². The van der Waals surface area contributed by atoms with Crippen molar-refractivity contribution in [1.29, 1.82) is 0 Å². The first-order valence-electron chi connectivity index (χ1n) is 9.80. The summed E-state index contributed by atoms with van der Waals surface area (Å²) in [5.41, 5.74) is 1.01. The molecule has 0 unspecified atom stereocenters. The summed E-state index contributed by atoms with van der Waals surface area (Å²) in [4.78, 5) is 15.1. The van der Waals surface area contributed by atoms with Gasteiger partial charge in [0.05, 0.1) is 6.04 Å². The zero-order chi connectivity index (χ0) is 17.6. The molecule has 4 heteroatoms. The third-order valence-corrected chi connectivity index (χ3v) is 6.40. The van der Waals surface area contributed by atoms with Crippen LogP contribution in [0.15, 0.2) is 24.3 Å². The van der Waals surface area contributed by atoms with E-state index in [1.807, 2.05) is 12.1 Å². The highest BCUT2D eigenvalue weighted by atomic mass is 16.5. The quantitative estimate of drug-likeness (QED) is 0.914. The van der Waals surface area contributed by atoms with Crippen molar-refractivity contribution >= 4 is 5.91 Å². The molecule has 0 radical (unpaired) electrons. The van der Waals surface area contributed by atoms with E-state index in [1.165, 1.54) is 0 Å². The Morgan fingerprint density at radius 1 is 1.28 bits per heavy atom. The highest BCUT2D eigenvalue weighted by Crippen LogP contribution is 2.45. The molecule has 1 spiro atoms. The lowest BCUT2D eigenvalue weighted by atomic mass is 9.80. The predicted molar refractivity (Wildman–Crippen MR) is 98.5 cm³/mol. The fourth-order valence-corrected chi connectivity index (χ4v) is 4.47. The van der Waals surface area contributed by atoms with Crippen molar-refractivity contribution < 1.29 is 9.53 Å². The van der Waals surface area contributed by atoms with Gasteiger partial charge in [-0.25, -0.2) is 0 Å². The number of fused-ring (bicyclic) bond motifs is 1. The van der Waals surface area contributed by atoms with Gasteiger partial charge in [-0.3, -0.25) is 4.79 Å². The number of hydrogen-bond donors (Lipinski definition) is 1. The first-order chi connectivity index (χ1) is 12.0. The summed E-state index contributed by atoms with van der Waals surface area (Å²) < 4.78 is 6.52. The maximum absolute atomic E-state index is 12.5. The van der Waals surface area contributed by atoms with Crippen molar-refractivity contribution in [1.82, 2.24) is 10.2 Å². The Kier molecular flexibility index (Phi) is 4.27. The molecule has 136 valence electrons. The van der Waals surface area contributed by atoms with Gasteiger partial charge in [-0.15, -0.1) is 0 Å². The van der Waals surface area contributed by atoms with Crippen LogP contribution in [0.1, 0.15) is 58.1 Å². The molecule has 4 nitrogen and oxygen atoms in total. The van der Waals surface area contributed by atoms with E-state index in [1.54, 1.807) is 0 Å². The van der Waals surface area contributed by atoms with Crippen LogP contribution in [0.4, 0.5) is 0 Å². The molecule has 1 saturated carbocycles. The summed E-state index contributed by atoms with van der Waals surface area (Å²) in [5, 5.41) is 3.34. The lowest BCUT2D eigenvalue weighted by Gasteiger charge is -2.47. The van der Waals surface area contributed by atoms with Gasteiger partial charge in [0.1, 0.15) is 11.4 Å². The zero-order valence-corrected chi connectivity index (χ0v) is 15.6. The second-order valence-corrected chi connectivity index (χ2v) is 8.54. The minimum Gasteiger partial charge on any atom is -0.487 e. The summed E-state index contributed by atoms with van der Waals surface area (Å²) in [7, 11) is 0. The van der Waals surface area contributed by atoms with Gasteiger partial charge in [-0.05, 0) is 45.1 Å². The fourth-order valence-electron chi connectivity index (χ4n) is 4.47. The lowest BCUT2D eigenvalue weighted by Crippen LogP contribution is -2.53. The number of carbonyl (C=O) groups is 1. The molecule has 2 heterocycles. The molecule has 1 aromatic carbocycles. The monoisotopic (exact) mass is 342 g/mol. The minimum absolute atomic E-state index is 0.0795. The second kappa shape index (κ2) is 6.31. The first kappa shape index (κ1) is 16.9. The third kappa shape index (κ3) is 3.29.